The van der Waals surface area contributed by atoms with Gasteiger partial charge in [-0.1, -0.05) is 12.1 Å². The highest BCUT2D eigenvalue weighted by atomic mass is 16.5. The van der Waals surface area contributed by atoms with Crippen LogP contribution in [0, 0.1) is 0 Å². The van der Waals surface area contributed by atoms with Crippen molar-refractivity contribution in [1.82, 2.24) is 4.81 Å². The van der Waals surface area contributed by atoms with Crippen LogP contribution in [0.4, 0.5) is 5.69 Å². The Balaban J connectivity index is 1.75. The summed E-state index contributed by atoms with van der Waals surface area (Å²) in [6.07, 6.45) is 1.91. The minimum absolute atomic E-state index is 0.113. The number of fused-ring (bicyclic) bond motifs is 2. The summed E-state index contributed by atoms with van der Waals surface area (Å²) in [6.45, 7) is 3.39. The van der Waals surface area contributed by atoms with Gasteiger partial charge in [-0.3, -0.25) is 0 Å². The molecule has 2 fully saturated rings. The highest BCUT2D eigenvalue weighted by Crippen LogP contribution is 2.40. The first-order valence-corrected chi connectivity index (χ1v) is 6.50. The average Bonchev–Trinajstić information content (AvgIpc) is 2.90. The Hall–Kier alpha value is -1.04. The van der Waals surface area contributed by atoms with Crippen molar-refractivity contribution < 1.29 is 9.76 Å². The second kappa shape index (κ2) is 4.26. The lowest BCUT2D eigenvalue weighted by atomic mass is 9.84. The lowest BCUT2D eigenvalue weighted by Crippen LogP contribution is -2.49. The lowest BCUT2D eigenvalue weighted by Gasteiger charge is -2.33. The molecule has 96 valence electrons. The molecule has 0 amide bonds. The van der Waals surface area contributed by atoms with Crippen LogP contribution in [0.1, 0.15) is 12.0 Å². The maximum absolute atomic E-state index is 9.74. The summed E-state index contributed by atoms with van der Waals surface area (Å²) in [6, 6.07) is 8.36. The molecule has 0 spiro atoms. The summed E-state index contributed by atoms with van der Waals surface area (Å²) in [4.78, 5) is 2.14. The van der Waals surface area contributed by atoms with Crippen molar-refractivity contribution >= 4 is 12.7 Å². The molecule has 4 nitrogen and oxygen atoms in total. The third kappa shape index (κ3) is 2.02. The van der Waals surface area contributed by atoms with Gasteiger partial charge < -0.3 is 20.3 Å². The Kier molecular flexibility index (Phi) is 2.85. The number of hydrogen-bond donors (Lipinski definition) is 2. The van der Waals surface area contributed by atoms with Crippen molar-refractivity contribution in [3.05, 3.63) is 29.8 Å². The number of nitrogens with zero attached hydrogens (tertiary/aromatic N) is 1. The monoisotopic (exact) mass is 246 g/mol. The zero-order chi connectivity index (χ0) is 12.8. The van der Waals surface area contributed by atoms with Crippen LogP contribution in [0.3, 0.4) is 0 Å². The molecule has 0 saturated carbocycles. The van der Waals surface area contributed by atoms with Gasteiger partial charge in [-0.05, 0) is 30.9 Å². The van der Waals surface area contributed by atoms with Gasteiger partial charge in [0.25, 0.3) is 0 Å². The van der Waals surface area contributed by atoms with E-state index < -0.39 is 0 Å². The first-order valence-electron chi connectivity index (χ1n) is 6.50. The largest absolute Gasteiger partial charge is 0.437 e. The second-order valence-electron chi connectivity index (χ2n) is 5.57. The quantitative estimate of drug-likeness (QED) is 0.610. The van der Waals surface area contributed by atoms with Crippen molar-refractivity contribution in [3.8, 4) is 0 Å². The van der Waals surface area contributed by atoms with E-state index in [4.69, 9.17) is 10.5 Å². The van der Waals surface area contributed by atoms with Crippen molar-refractivity contribution in [2.24, 2.45) is 0 Å². The molecule has 2 saturated heterocycles. The third-order valence-corrected chi connectivity index (χ3v) is 4.12. The lowest BCUT2D eigenvalue weighted by molar-refractivity contribution is -0.0285. The zero-order valence-corrected chi connectivity index (χ0v) is 10.7. The molecule has 0 aliphatic carbocycles. The molecule has 2 aliphatic heterocycles. The molecule has 2 atom stereocenters. The summed E-state index contributed by atoms with van der Waals surface area (Å²) in [5.74, 6) is 0. The van der Waals surface area contributed by atoms with E-state index in [1.54, 1.807) is 0 Å². The number of hydrogen-bond acceptors (Lipinski definition) is 4. The van der Waals surface area contributed by atoms with Crippen molar-refractivity contribution in [1.29, 1.82) is 0 Å². The Morgan fingerprint density at radius 2 is 2.22 bits per heavy atom. The molecule has 2 heterocycles. The summed E-state index contributed by atoms with van der Waals surface area (Å²) in [7, 11) is -0.382. The fourth-order valence-corrected chi connectivity index (χ4v) is 3.23. The summed E-state index contributed by atoms with van der Waals surface area (Å²) in [5, 5.41) is 9.74. The number of anilines is 1. The van der Waals surface area contributed by atoms with Crippen molar-refractivity contribution in [2.45, 2.75) is 31.3 Å². The Morgan fingerprint density at radius 1 is 1.50 bits per heavy atom. The summed E-state index contributed by atoms with van der Waals surface area (Å²) < 4.78 is 5.97. The highest BCUT2D eigenvalue weighted by molar-refractivity contribution is 6.45. The molecule has 3 rings (SSSR count). The standard InChI is InChI=1S/C13H19BN2O2/c1-14(17)16-9-13(7-12(16)8-18-13)6-10-2-4-11(15)5-3-10/h2-5,12,17H,6-9,15H2,1H3/t12?,13-/m0/s1. The molecule has 5 heteroatoms. The maximum atomic E-state index is 9.74. The minimum atomic E-state index is -0.382. The number of benzene rings is 1. The van der Waals surface area contributed by atoms with E-state index in [-0.39, 0.29) is 12.7 Å². The van der Waals surface area contributed by atoms with Gasteiger partial charge in [0.1, 0.15) is 0 Å². The number of nitrogens with two attached hydrogens (primary N) is 1. The molecule has 0 radical (unpaired) electrons. The van der Waals surface area contributed by atoms with Crippen LogP contribution in [-0.4, -0.2) is 41.7 Å². The molecule has 1 aromatic rings. The van der Waals surface area contributed by atoms with Crippen LogP contribution < -0.4 is 5.73 Å². The molecular weight excluding hydrogens is 227 g/mol. The van der Waals surface area contributed by atoms with E-state index >= 15 is 0 Å². The van der Waals surface area contributed by atoms with Crippen LogP contribution in [-0.2, 0) is 11.2 Å². The Bertz CT molecular complexity index is 437. The molecular formula is C13H19BN2O2. The average molecular weight is 246 g/mol. The summed E-state index contributed by atoms with van der Waals surface area (Å²) >= 11 is 0. The van der Waals surface area contributed by atoms with E-state index in [0.717, 1.165) is 31.7 Å². The SMILES string of the molecule is CB(O)N1C[C@]2(Cc3ccc(N)cc3)CC1CO2. The summed E-state index contributed by atoms with van der Waals surface area (Å²) in [5.41, 5.74) is 7.62. The van der Waals surface area contributed by atoms with Crippen molar-refractivity contribution in [2.75, 3.05) is 18.9 Å². The highest BCUT2D eigenvalue weighted by Gasteiger charge is 2.52. The van der Waals surface area contributed by atoms with Gasteiger partial charge >= 0.3 is 7.05 Å². The first kappa shape index (κ1) is 12.0. The first-order chi connectivity index (χ1) is 8.58. The predicted molar refractivity (Wildman–Crippen MR) is 72.2 cm³/mol. The van der Waals surface area contributed by atoms with Gasteiger partial charge in [-0.15, -0.1) is 0 Å². The van der Waals surface area contributed by atoms with Crippen LogP contribution in [0.25, 0.3) is 0 Å². The maximum Gasteiger partial charge on any atom is 0.376 e. The van der Waals surface area contributed by atoms with Crippen LogP contribution in [0.5, 0.6) is 0 Å². The smallest absolute Gasteiger partial charge is 0.376 e. The fourth-order valence-electron chi connectivity index (χ4n) is 3.23. The van der Waals surface area contributed by atoms with Gasteiger partial charge in [0.2, 0.25) is 0 Å². The normalized spacial score (nSPS) is 30.9. The van der Waals surface area contributed by atoms with E-state index in [2.05, 4.69) is 16.9 Å². The van der Waals surface area contributed by atoms with Gasteiger partial charge in [0.15, 0.2) is 0 Å². The molecule has 3 N–H and O–H groups in total. The second-order valence-corrected chi connectivity index (χ2v) is 5.57. The van der Waals surface area contributed by atoms with Gasteiger partial charge in [-0.2, -0.15) is 0 Å². The molecule has 2 bridgehead atoms. The minimum Gasteiger partial charge on any atom is -0.437 e. The Labute approximate surface area is 108 Å². The third-order valence-electron chi connectivity index (χ3n) is 4.12. The number of ether oxygens (including phenoxy) is 1. The number of nitrogen functional groups attached to an aromatic ring is 1. The van der Waals surface area contributed by atoms with E-state index in [0.29, 0.717) is 6.04 Å². The zero-order valence-electron chi connectivity index (χ0n) is 10.7. The van der Waals surface area contributed by atoms with E-state index in [1.165, 1.54) is 5.56 Å². The van der Waals surface area contributed by atoms with Crippen molar-refractivity contribution in [3.63, 3.8) is 0 Å². The van der Waals surface area contributed by atoms with Gasteiger partial charge in [-0.25, -0.2) is 0 Å². The van der Waals surface area contributed by atoms with Gasteiger partial charge in [0.05, 0.1) is 12.2 Å². The van der Waals surface area contributed by atoms with Gasteiger partial charge in [0, 0.05) is 24.7 Å². The topological polar surface area (TPSA) is 58.7 Å². The van der Waals surface area contributed by atoms with Crippen LogP contribution in [0.15, 0.2) is 24.3 Å². The molecule has 18 heavy (non-hydrogen) atoms. The molecule has 2 aliphatic rings. The molecule has 0 aromatic heterocycles. The number of morpholine rings is 1. The van der Waals surface area contributed by atoms with Crippen LogP contribution in [0.2, 0.25) is 6.82 Å². The molecule has 1 aromatic carbocycles. The van der Waals surface area contributed by atoms with Crippen LogP contribution >= 0.6 is 0 Å². The molecule has 1 unspecified atom stereocenters. The Morgan fingerprint density at radius 3 is 2.83 bits per heavy atom. The number of rotatable bonds is 3. The van der Waals surface area contributed by atoms with E-state index in [1.807, 2.05) is 19.0 Å². The fraction of sp³-hybridized carbons (Fsp3) is 0.538. The van der Waals surface area contributed by atoms with E-state index in [9.17, 15) is 5.02 Å². The predicted octanol–water partition coefficient (Wildman–Crippen LogP) is 0.765.